The van der Waals surface area contributed by atoms with Gasteiger partial charge in [-0.3, -0.25) is 0 Å². The van der Waals surface area contributed by atoms with Crippen molar-refractivity contribution in [2.24, 2.45) is 0 Å². The Morgan fingerprint density at radius 1 is 0.963 bits per heavy atom. The number of aromatic nitrogens is 1. The molecule has 1 N–H and O–H groups in total. The Hall–Kier alpha value is -2.10. The van der Waals surface area contributed by atoms with Gasteiger partial charge in [0.15, 0.2) is 0 Å². The van der Waals surface area contributed by atoms with E-state index >= 15 is 0 Å². The second kappa shape index (κ2) is 8.73. The van der Waals surface area contributed by atoms with Gasteiger partial charge in [-0.1, -0.05) is 54.4 Å². The molecule has 0 saturated carbocycles. The molecule has 1 aliphatic heterocycles. The van der Waals surface area contributed by atoms with Crippen molar-refractivity contribution in [1.82, 2.24) is 9.88 Å². The Bertz CT molecular complexity index is 903. The standard InChI is InChI=1S/C23H26ClN3/c24-20-11-4-2-9-18(20)23-17-22(19-10-3-5-12-21(19)26-23)25-13-8-16-27-14-6-1-7-15-27/h2-5,9-12,17H,1,6-8,13-16H2,(H,25,26). The number of nitrogens with one attached hydrogen (secondary N) is 1. The van der Waals surface area contributed by atoms with Crippen LogP contribution in [0, 0.1) is 0 Å². The first-order chi connectivity index (χ1) is 13.3. The molecule has 3 nitrogen and oxygen atoms in total. The average molecular weight is 380 g/mol. The molecule has 1 saturated heterocycles. The maximum atomic E-state index is 6.41. The molecule has 4 rings (SSSR count). The number of halogens is 1. The van der Waals surface area contributed by atoms with Gasteiger partial charge >= 0.3 is 0 Å². The van der Waals surface area contributed by atoms with Crippen molar-refractivity contribution < 1.29 is 0 Å². The lowest BCUT2D eigenvalue weighted by molar-refractivity contribution is 0.228. The monoisotopic (exact) mass is 379 g/mol. The molecule has 0 spiro atoms. The Morgan fingerprint density at radius 2 is 1.74 bits per heavy atom. The van der Waals surface area contributed by atoms with Gasteiger partial charge in [0.05, 0.1) is 11.2 Å². The van der Waals surface area contributed by atoms with Gasteiger partial charge in [-0.15, -0.1) is 0 Å². The fourth-order valence-corrected chi connectivity index (χ4v) is 4.07. The minimum Gasteiger partial charge on any atom is -0.384 e. The number of rotatable bonds is 6. The minimum absolute atomic E-state index is 0.733. The minimum atomic E-state index is 0.733. The molecule has 1 fully saturated rings. The molecule has 0 aliphatic carbocycles. The summed E-state index contributed by atoms with van der Waals surface area (Å²) in [4.78, 5) is 7.42. The molecule has 140 valence electrons. The maximum absolute atomic E-state index is 6.41. The highest BCUT2D eigenvalue weighted by atomic mass is 35.5. The number of pyridine rings is 1. The van der Waals surface area contributed by atoms with Crippen molar-refractivity contribution in [2.45, 2.75) is 25.7 Å². The summed E-state index contributed by atoms with van der Waals surface area (Å²) >= 11 is 6.41. The second-order valence-electron chi connectivity index (χ2n) is 7.23. The van der Waals surface area contributed by atoms with Gasteiger partial charge in [0.2, 0.25) is 0 Å². The van der Waals surface area contributed by atoms with Crippen LogP contribution in [0.2, 0.25) is 5.02 Å². The van der Waals surface area contributed by atoms with Crippen LogP contribution in [0.4, 0.5) is 5.69 Å². The molecular formula is C23H26ClN3. The summed E-state index contributed by atoms with van der Waals surface area (Å²) in [6, 6.07) is 18.3. The molecular weight excluding hydrogens is 354 g/mol. The smallest absolute Gasteiger partial charge is 0.0745 e. The zero-order valence-corrected chi connectivity index (χ0v) is 16.4. The van der Waals surface area contributed by atoms with Crippen LogP contribution < -0.4 is 5.32 Å². The Balaban J connectivity index is 1.53. The van der Waals surface area contributed by atoms with Crippen LogP contribution in [0.15, 0.2) is 54.6 Å². The molecule has 0 radical (unpaired) electrons. The van der Waals surface area contributed by atoms with Crippen LogP contribution in [-0.2, 0) is 0 Å². The second-order valence-corrected chi connectivity index (χ2v) is 7.64. The highest BCUT2D eigenvalue weighted by Crippen LogP contribution is 2.31. The van der Waals surface area contributed by atoms with Gasteiger partial charge in [0, 0.05) is 28.2 Å². The van der Waals surface area contributed by atoms with Gasteiger partial charge in [0.25, 0.3) is 0 Å². The number of hydrogen-bond donors (Lipinski definition) is 1. The average Bonchev–Trinajstić information content (AvgIpc) is 2.72. The van der Waals surface area contributed by atoms with Crippen molar-refractivity contribution in [3.8, 4) is 11.3 Å². The first kappa shape index (κ1) is 18.3. The first-order valence-electron chi connectivity index (χ1n) is 9.92. The summed E-state index contributed by atoms with van der Waals surface area (Å²) in [6.07, 6.45) is 5.24. The van der Waals surface area contributed by atoms with E-state index in [4.69, 9.17) is 16.6 Å². The molecule has 27 heavy (non-hydrogen) atoms. The van der Waals surface area contributed by atoms with Gasteiger partial charge in [-0.25, -0.2) is 4.98 Å². The molecule has 2 aromatic carbocycles. The lowest BCUT2D eigenvalue weighted by Gasteiger charge is -2.26. The molecule has 0 atom stereocenters. The third-order valence-corrected chi connectivity index (χ3v) is 5.61. The maximum Gasteiger partial charge on any atom is 0.0745 e. The lowest BCUT2D eigenvalue weighted by atomic mass is 10.1. The van der Waals surface area contributed by atoms with E-state index in [1.54, 1.807) is 0 Å². The number of benzene rings is 2. The summed E-state index contributed by atoms with van der Waals surface area (Å²) in [5.41, 5.74) is 4.02. The van der Waals surface area contributed by atoms with Gasteiger partial charge in [-0.05, 0) is 57.1 Å². The molecule has 3 aromatic rings. The van der Waals surface area contributed by atoms with Gasteiger partial charge in [-0.2, -0.15) is 0 Å². The first-order valence-corrected chi connectivity index (χ1v) is 10.3. The quantitative estimate of drug-likeness (QED) is 0.545. The molecule has 4 heteroatoms. The van der Waals surface area contributed by atoms with E-state index in [1.165, 1.54) is 38.9 Å². The van der Waals surface area contributed by atoms with Gasteiger partial charge in [0.1, 0.15) is 0 Å². The molecule has 1 aliphatic rings. The van der Waals surface area contributed by atoms with E-state index in [0.717, 1.165) is 45.8 Å². The Morgan fingerprint density at radius 3 is 2.59 bits per heavy atom. The van der Waals surface area contributed by atoms with E-state index in [9.17, 15) is 0 Å². The zero-order chi connectivity index (χ0) is 18.5. The fourth-order valence-electron chi connectivity index (χ4n) is 3.84. The Labute approximate surface area is 166 Å². The normalized spacial score (nSPS) is 15.1. The number of anilines is 1. The van der Waals surface area contributed by atoms with Crippen molar-refractivity contribution in [1.29, 1.82) is 0 Å². The van der Waals surface area contributed by atoms with E-state index in [1.807, 2.05) is 30.3 Å². The molecule has 0 unspecified atom stereocenters. The molecule has 1 aromatic heterocycles. The summed E-state index contributed by atoms with van der Waals surface area (Å²) < 4.78 is 0. The number of fused-ring (bicyclic) bond motifs is 1. The van der Waals surface area contributed by atoms with Gasteiger partial charge < -0.3 is 10.2 Å². The SMILES string of the molecule is Clc1ccccc1-c1cc(NCCCN2CCCCC2)c2ccccc2n1. The fraction of sp³-hybridized carbons (Fsp3) is 0.348. The summed E-state index contributed by atoms with van der Waals surface area (Å²) in [5, 5.41) is 5.54. The summed E-state index contributed by atoms with van der Waals surface area (Å²) in [6.45, 7) is 4.66. The predicted octanol–water partition coefficient (Wildman–Crippen LogP) is 5.84. The zero-order valence-electron chi connectivity index (χ0n) is 15.6. The summed E-state index contributed by atoms with van der Waals surface area (Å²) in [7, 11) is 0. The number of para-hydroxylation sites is 1. The highest BCUT2D eigenvalue weighted by Gasteiger charge is 2.11. The van der Waals surface area contributed by atoms with E-state index in [0.29, 0.717) is 0 Å². The van der Waals surface area contributed by atoms with Crippen molar-refractivity contribution in [3.63, 3.8) is 0 Å². The van der Waals surface area contributed by atoms with Crippen LogP contribution >= 0.6 is 11.6 Å². The van der Waals surface area contributed by atoms with Crippen LogP contribution in [-0.4, -0.2) is 36.1 Å². The highest BCUT2D eigenvalue weighted by molar-refractivity contribution is 6.33. The lowest BCUT2D eigenvalue weighted by Crippen LogP contribution is -2.31. The van der Waals surface area contributed by atoms with Crippen LogP contribution in [0.1, 0.15) is 25.7 Å². The van der Waals surface area contributed by atoms with E-state index in [2.05, 4.69) is 34.5 Å². The number of hydrogen-bond acceptors (Lipinski definition) is 3. The topological polar surface area (TPSA) is 28.2 Å². The third kappa shape index (κ3) is 4.42. The molecule has 2 heterocycles. The predicted molar refractivity (Wildman–Crippen MR) is 116 cm³/mol. The number of nitrogens with zero attached hydrogens (tertiary/aromatic N) is 2. The number of likely N-dealkylation sites (tertiary alicyclic amines) is 1. The van der Waals surface area contributed by atoms with Crippen LogP contribution in [0.25, 0.3) is 22.2 Å². The van der Waals surface area contributed by atoms with Crippen molar-refractivity contribution in [2.75, 3.05) is 31.5 Å². The number of piperidine rings is 1. The van der Waals surface area contributed by atoms with Crippen molar-refractivity contribution in [3.05, 3.63) is 59.6 Å². The van der Waals surface area contributed by atoms with E-state index < -0.39 is 0 Å². The molecule has 0 bridgehead atoms. The van der Waals surface area contributed by atoms with Crippen LogP contribution in [0.3, 0.4) is 0 Å². The Kier molecular flexibility index (Phi) is 5.90. The summed E-state index contributed by atoms with van der Waals surface area (Å²) in [5.74, 6) is 0. The largest absolute Gasteiger partial charge is 0.384 e. The van der Waals surface area contributed by atoms with Crippen molar-refractivity contribution >= 4 is 28.2 Å². The third-order valence-electron chi connectivity index (χ3n) is 5.28. The molecule has 0 amide bonds. The van der Waals surface area contributed by atoms with Crippen LogP contribution in [0.5, 0.6) is 0 Å². The van der Waals surface area contributed by atoms with E-state index in [-0.39, 0.29) is 0 Å².